The number of para-hydroxylation sites is 1. The summed E-state index contributed by atoms with van der Waals surface area (Å²) in [4.78, 5) is 34.3. The Labute approximate surface area is 222 Å². The Kier molecular flexibility index (Phi) is 8.31. The van der Waals surface area contributed by atoms with Gasteiger partial charge in [0.05, 0.1) is 22.6 Å². The first-order valence-corrected chi connectivity index (χ1v) is 12.6. The maximum atomic E-state index is 13.9. The number of aromatic nitrogens is 2. The minimum atomic E-state index is -0.562. The first kappa shape index (κ1) is 26.4. The van der Waals surface area contributed by atoms with Crippen LogP contribution in [0.1, 0.15) is 42.5 Å². The summed E-state index contributed by atoms with van der Waals surface area (Å²) in [6, 6.07) is 20.6. The van der Waals surface area contributed by atoms with Gasteiger partial charge in [-0.25, -0.2) is 9.66 Å². The lowest BCUT2D eigenvalue weighted by Crippen LogP contribution is -2.43. The second-order valence-electron chi connectivity index (χ2n) is 9.20. The molecule has 4 rings (SSSR count). The summed E-state index contributed by atoms with van der Waals surface area (Å²) in [5, 5.41) is 0.880. The minimum absolute atomic E-state index is 0.102. The summed E-state index contributed by atoms with van der Waals surface area (Å²) in [5.41, 5.74) is 10.9. The molecule has 1 unspecified atom stereocenters. The largest absolute Gasteiger partial charge is 0.330 e. The third-order valence-electron chi connectivity index (χ3n) is 6.10. The Bertz CT molecular complexity index is 1460. The number of anilines is 1. The van der Waals surface area contributed by atoms with Gasteiger partial charge in [0, 0.05) is 17.1 Å². The van der Waals surface area contributed by atoms with Crippen molar-refractivity contribution in [2.45, 2.75) is 26.3 Å². The number of rotatable bonds is 9. The van der Waals surface area contributed by atoms with E-state index >= 15 is 0 Å². The topological polar surface area (TPSA) is 93.2 Å². The van der Waals surface area contributed by atoms with Crippen molar-refractivity contribution in [3.8, 4) is 0 Å². The second kappa shape index (κ2) is 11.6. The maximum Gasteiger partial charge on any atom is 0.280 e. The molecule has 0 aliphatic heterocycles. The lowest BCUT2D eigenvalue weighted by Gasteiger charge is -2.35. The van der Waals surface area contributed by atoms with Crippen LogP contribution in [0.15, 0.2) is 77.6 Å². The molecule has 1 aromatic heterocycles. The van der Waals surface area contributed by atoms with Crippen molar-refractivity contribution in [1.82, 2.24) is 14.6 Å². The first-order valence-electron chi connectivity index (χ1n) is 12.2. The van der Waals surface area contributed by atoms with Crippen molar-refractivity contribution in [3.05, 3.63) is 99.6 Å². The Morgan fingerprint density at radius 1 is 1.11 bits per heavy atom. The molecule has 3 aromatic carbocycles. The van der Waals surface area contributed by atoms with Gasteiger partial charge in [-0.1, -0.05) is 67.3 Å². The molecule has 1 heterocycles. The summed E-state index contributed by atoms with van der Waals surface area (Å²) >= 11 is 6.26. The molecule has 0 fully saturated rings. The molecular weight excluding hydrogens is 485 g/mol. The van der Waals surface area contributed by atoms with Gasteiger partial charge in [0.25, 0.3) is 11.5 Å². The van der Waals surface area contributed by atoms with Gasteiger partial charge in [-0.2, -0.15) is 0 Å². The van der Waals surface area contributed by atoms with E-state index in [1.54, 1.807) is 47.4 Å². The molecule has 0 spiro atoms. The molecule has 0 bridgehead atoms. The molecule has 2 radical (unpaired) electrons. The lowest BCUT2D eigenvalue weighted by molar-refractivity contribution is 0.0604. The van der Waals surface area contributed by atoms with Crippen molar-refractivity contribution in [2.75, 3.05) is 18.5 Å². The number of nitrogens with one attached hydrogen (secondary N) is 1. The van der Waals surface area contributed by atoms with Crippen LogP contribution < -0.4 is 22.2 Å². The van der Waals surface area contributed by atoms with Gasteiger partial charge in [0.2, 0.25) is 0 Å². The standard InChI is InChI=1S/C28H29BClN5O2/c1-18(2)25(34(15-7-14-31)27(36)19-8-6-9-20(29)16-19)26-32-24-17-21(30)12-13-23(24)28(37)35(26)33-22-10-4-3-5-11-22/h3-6,8-13,16-18,25,33H,7,14-15,31H2,1-2H3. The van der Waals surface area contributed by atoms with E-state index in [1.807, 2.05) is 44.2 Å². The highest BCUT2D eigenvalue weighted by molar-refractivity contribution is 6.32. The van der Waals surface area contributed by atoms with Gasteiger partial charge in [-0.3, -0.25) is 15.0 Å². The molecule has 7 nitrogen and oxygen atoms in total. The molecule has 1 atom stereocenters. The van der Waals surface area contributed by atoms with E-state index in [4.69, 9.17) is 30.2 Å². The predicted octanol–water partition coefficient (Wildman–Crippen LogP) is 3.91. The molecule has 4 aromatic rings. The van der Waals surface area contributed by atoms with Gasteiger partial charge < -0.3 is 10.6 Å². The summed E-state index contributed by atoms with van der Waals surface area (Å²) in [7, 11) is 5.98. The number of carbonyl (C=O) groups is 1. The number of hydrogen-bond donors (Lipinski definition) is 2. The predicted molar refractivity (Wildman–Crippen MR) is 151 cm³/mol. The summed E-state index contributed by atoms with van der Waals surface area (Å²) in [6.45, 7) is 4.77. The maximum absolute atomic E-state index is 13.9. The quantitative estimate of drug-likeness (QED) is 0.331. The van der Waals surface area contributed by atoms with Crippen LogP contribution in [-0.2, 0) is 0 Å². The average Bonchev–Trinajstić information content (AvgIpc) is 2.88. The van der Waals surface area contributed by atoms with Gasteiger partial charge in [0.1, 0.15) is 7.85 Å². The third-order valence-corrected chi connectivity index (χ3v) is 6.34. The summed E-state index contributed by atoms with van der Waals surface area (Å²) in [6.07, 6.45) is 0.576. The highest BCUT2D eigenvalue weighted by Crippen LogP contribution is 2.30. The smallest absolute Gasteiger partial charge is 0.280 e. The molecule has 1 amide bonds. The van der Waals surface area contributed by atoms with Crippen LogP contribution in [0.4, 0.5) is 5.69 Å². The summed E-state index contributed by atoms with van der Waals surface area (Å²) in [5.74, 6) is 0.0780. The van der Waals surface area contributed by atoms with E-state index in [2.05, 4.69) is 5.43 Å². The van der Waals surface area contributed by atoms with Crippen LogP contribution in [0.25, 0.3) is 10.9 Å². The number of carbonyl (C=O) groups excluding carboxylic acids is 1. The van der Waals surface area contributed by atoms with E-state index in [9.17, 15) is 9.59 Å². The van der Waals surface area contributed by atoms with Crippen LogP contribution in [0.5, 0.6) is 0 Å². The monoisotopic (exact) mass is 513 g/mol. The van der Waals surface area contributed by atoms with Crippen molar-refractivity contribution in [2.24, 2.45) is 11.7 Å². The van der Waals surface area contributed by atoms with E-state index < -0.39 is 6.04 Å². The van der Waals surface area contributed by atoms with E-state index in [0.717, 1.165) is 0 Å². The van der Waals surface area contributed by atoms with Crippen molar-refractivity contribution < 1.29 is 4.79 Å². The summed E-state index contributed by atoms with van der Waals surface area (Å²) < 4.78 is 1.43. The molecule has 9 heteroatoms. The number of fused-ring (bicyclic) bond motifs is 1. The molecule has 37 heavy (non-hydrogen) atoms. The first-order chi connectivity index (χ1) is 17.8. The number of halogens is 1. The number of nitrogens with two attached hydrogens (primary N) is 1. The van der Waals surface area contributed by atoms with Gasteiger partial charge >= 0.3 is 0 Å². The molecular formula is C28H29BClN5O2. The molecule has 0 saturated carbocycles. The highest BCUT2D eigenvalue weighted by atomic mass is 35.5. The Balaban J connectivity index is 1.94. The van der Waals surface area contributed by atoms with Crippen LogP contribution in [0.3, 0.4) is 0 Å². The van der Waals surface area contributed by atoms with E-state index in [0.29, 0.717) is 58.0 Å². The average molecular weight is 514 g/mol. The molecule has 0 aliphatic carbocycles. The molecule has 188 valence electrons. The lowest BCUT2D eigenvalue weighted by atomic mass is 9.93. The van der Waals surface area contributed by atoms with Gasteiger partial charge in [-0.15, -0.1) is 0 Å². The number of hydrogen-bond acceptors (Lipinski definition) is 5. The number of benzene rings is 3. The Morgan fingerprint density at radius 2 is 1.86 bits per heavy atom. The zero-order valence-corrected chi connectivity index (χ0v) is 21.7. The van der Waals surface area contributed by atoms with Gasteiger partial charge in [-0.05, 0) is 55.3 Å². The molecule has 0 saturated heterocycles. The van der Waals surface area contributed by atoms with E-state index in [-0.39, 0.29) is 17.4 Å². The highest BCUT2D eigenvalue weighted by Gasteiger charge is 2.33. The fourth-order valence-corrected chi connectivity index (χ4v) is 4.55. The minimum Gasteiger partial charge on any atom is -0.330 e. The van der Waals surface area contributed by atoms with Crippen LogP contribution in [-0.4, -0.2) is 41.4 Å². The second-order valence-corrected chi connectivity index (χ2v) is 9.64. The molecule has 3 N–H and O–H groups in total. The fraction of sp³-hybridized carbons (Fsp3) is 0.250. The van der Waals surface area contributed by atoms with Crippen molar-refractivity contribution in [3.63, 3.8) is 0 Å². The van der Waals surface area contributed by atoms with Crippen molar-refractivity contribution >= 4 is 47.4 Å². The zero-order valence-electron chi connectivity index (χ0n) is 20.9. The fourth-order valence-electron chi connectivity index (χ4n) is 4.39. The third kappa shape index (κ3) is 5.87. The molecule has 0 aliphatic rings. The van der Waals surface area contributed by atoms with Crippen LogP contribution >= 0.6 is 11.6 Å². The van der Waals surface area contributed by atoms with Crippen molar-refractivity contribution in [1.29, 1.82) is 0 Å². The number of nitrogens with zero attached hydrogens (tertiary/aromatic N) is 3. The number of amides is 1. The van der Waals surface area contributed by atoms with Crippen LogP contribution in [0, 0.1) is 5.92 Å². The Morgan fingerprint density at radius 3 is 2.54 bits per heavy atom. The normalized spacial score (nSPS) is 12.0. The SMILES string of the molecule is [B]c1cccc(C(=O)N(CCCN)C(c2nc3cc(Cl)ccc3c(=O)n2Nc2ccccc2)C(C)C)c1. The van der Waals surface area contributed by atoms with Gasteiger partial charge in [0.15, 0.2) is 5.82 Å². The van der Waals surface area contributed by atoms with E-state index in [1.165, 1.54) is 4.68 Å². The zero-order chi connectivity index (χ0) is 26.5. The van der Waals surface area contributed by atoms with Crippen LogP contribution in [0.2, 0.25) is 5.02 Å². The Hall–Kier alpha value is -3.62.